The van der Waals surface area contributed by atoms with Gasteiger partial charge in [0.05, 0.1) is 0 Å². The highest BCUT2D eigenvalue weighted by Gasteiger charge is 2.24. The van der Waals surface area contributed by atoms with Crippen LogP contribution in [0.1, 0.15) is 25.6 Å². The number of fused-ring (bicyclic) bond motifs is 3. The molecule has 1 fully saturated rings. The lowest BCUT2D eigenvalue weighted by Crippen LogP contribution is -2.44. The molecule has 138 valence electrons. The molecule has 4 rings (SSSR count). The van der Waals surface area contributed by atoms with Crippen molar-refractivity contribution in [3.8, 4) is 0 Å². The van der Waals surface area contributed by atoms with Crippen molar-refractivity contribution in [3.63, 3.8) is 0 Å². The summed E-state index contributed by atoms with van der Waals surface area (Å²) in [6, 6.07) is 3.86. The van der Waals surface area contributed by atoms with Crippen LogP contribution in [0.25, 0.3) is 15.7 Å². The maximum absolute atomic E-state index is 12.9. The van der Waals surface area contributed by atoms with E-state index >= 15 is 0 Å². The Morgan fingerprint density at radius 1 is 1.46 bits per heavy atom. The molecule has 8 heteroatoms. The van der Waals surface area contributed by atoms with Gasteiger partial charge < -0.3 is 10.0 Å². The van der Waals surface area contributed by atoms with E-state index in [1.54, 1.807) is 16.2 Å². The monoisotopic (exact) mass is 374 g/mol. The first kappa shape index (κ1) is 17.2. The fraction of sp³-hybridized carbons (Fsp3) is 0.500. The van der Waals surface area contributed by atoms with Crippen LogP contribution in [0.2, 0.25) is 0 Å². The molecule has 1 amide bonds. The number of carbonyl (C=O) groups is 1. The van der Waals surface area contributed by atoms with Crippen molar-refractivity contribution in [1.29, 1.82) is 0 Å². The number of hydrogen-bond acceptors (Lipinski definition) is 5. The molecule has 26 heavy (non-hydrogen) atoms. The number of nitrogens with zero attached hydrogens (tertiary/aromatic N) is 4. The molecule has 7 nitrogen and oxygen atoms in total. The summed E-state index contributed by atoms with van der Waals surface area (Å²) in [5.74, 6) is 0.790. The summed E-state index contributed by atoms with van der Waals surface area (Å²) in [6.45, 7) is 3.25. The largest absolute Gasteiger partial charge is 0.396 e. The summed E-state index contributed by atoms with van der Waals surface area (Å²) in [7, 11) is 0. The van der Waals surface area contributed by atoms with E-state index in [1.165, 1.54) is 4.68 Å². The van der Waals surface area contributed by atoms with Crippen molar-refractivity contribution in [1.82, 2.24) is 19.1 Å². The Bertz CT molecular complexity index is 1020. The number of thiophene rings is 1. The van der Waals surface area contributed by atoms with Gasteiger partial charge in [0.2, 0.25) is 5.91 Å². The zero-order valence-electron chi connectivity index (χ0n) is 14.7. The van der Waals surface area contributed by atoms with E-state index in [0.717, 1.165) is 28.9 Å². The Kier molecular flexibility index (Phi) is 4.54. The highest BCUT2D eigenvalue weighted by molar-refractivity contribution is 7.16. The lowest BCUT2D eigenvalue weighted by molar-refractivity contribution is -0.134. The number of likely N-dealkylation sites (tertiary alicyclic amines) is 1. The zero-order chi connectivity index (χ0) is 18.3. The third-order valence-corrected chi connectivity index (χ3v) is 6.00. The van der Waals surface area contributed by atoms with Gasteiger partial charge in [-0.15, -0.1) is 11.3 Å². The van der Waals surface area contributed by atoms with Gasteiger partial charge in [-0.05, 0) is 36.3 Å². The van der Waals surface area contributed by atoms with E-state index in [1.807, 2.05) is 28.8 Å². The molecule has 0 unspecified atom stereocenters. The number of aryl methyl sites for hydroxylation is 1. The number of piperidine rings is 1. The normalized spacial score (nSPS) is 18.1. The molecule has 3 aromatic rings. The highest BCUT2D eigenvalue weighted by Crippen LogP contribution is 2.24. The standard InChI is InChI=1S/C18H22N4O3S/c1-2-15-19-21(10-16(24)20-6-3-4-12(9-20)11-23)17(25)14-8-13-5-7-26-18(13)22(14)15/h5,7-8,12,23H,2-4,6,9-11H2,1H3/t12-/m1/s1. The van der Waals surface area contributed by atoms with Gasteiger partial charge in [-0.3, -0.25) is 14.0 Å². The van der Waals surface area contributed by atoms with E-state index in [9.17, 15) is 14.7 Å². The number of amides is 1. The average molecular weight is 374 g/mol. The van der Waals surface area contributed by atoms with Gasteiger partial charge in [-0.2, -0.15) is 5.10 Å². The minimum Gasteiger partial charge on any atom is -0.396 e. The maximum Gasteiger partial charge on any atom is 0.291 e. The Hall–Kier alpha value is -2.19. The summed E-state index contributed by atoms with van der Waals surface area (Å²) >= 11 is 1.58. The van der Waals surface area contributed by atoms with Crippen LogP contribution in [0.5, 0.6) is 0 Å². The molecular weight excluding hydrogens is 352 g/mol. The van der Waals surface area contributed by atoms with Gasteiger partial charge in [-0.25, -0.2) is 4.68 Å². The Morgan fingerprint density at radius 3 is 3.08 bits per heavy atom. The average Bonchev–Trinajstić information content (AvgIpc) is 3.25. The molecule has 1 saturated heterocycles. The molecule has 3 aromatic heterocycles. The van der Waals surface area contributed by atoms with Gasteiger partial charge in [0, 0.05) is 31.5 Å². The van der Waals surface area contributed by atoms with Gasteiger partial charge in [0.15, 0.2) is 0 Å². The van der Waals surface area contributed by atoms with Gasteiger partial charge >= 0.3 is 0 Å². The van der Waals surface area contributed by atoms with Crippen molar-refractivity contribution in [3.05, 3.63) is 33.7 Å². The van der Waals surface area contributed by atoms with E-state index in [0.29, 0.717) is 25.0 Å². The van der Waals surface area contributed by atoms with Gasteiger partial charge in [0.1, 0.15) is 22.7 Å². The van der Waals surface area contributed by atoms with Crippen LogP contribution in [-0.2, 0) is 17.8 Å². The highest BCUT2D eigenvalue weighted by atomic mass is 32.1. The number of hydrogen-bond donors (Lipinski definition) is 1. The van der Waals surface area contributed by atoms with E-state index in [2.05, 4.69) is 5.10 Å². The second-order valence-corrected chi connectivity index (χ2v) is 7.70. The van der Waals surface area contributed by atoms with Crippen LogP contribution >= 0.6 is 11.3 Å². The second kappa shape index (κ2) is 6.85. The van der Waals surface area contributed by atoms with Crippen molar-refractivity contribution < 1.29 is 9.90 Å². The zero-order valence-corrected chi connectivity index (χ0v) is 15.5. The molecule has 0 aromatic carbocycles. The lowest BCUT2D eigenvalue weighted by atomic mass is 9.99. The first-order valence-corrected chi connectivity index (χ1v) is 9.87. The van der Waals surface area contributed by atoms with Crippen molar-refractivity contribution in [2.75, 3.05) is 19.7 Å². The maximum atomic E-state index is 12.9. The summed E-state index contributed by atoms with van der Waals surface area (Å²) in [5.41, 5.74) is 0.327. The number of rotatable bonds is 4. The van der Waals surface area contributed by atoms with Crippen LogP contribution in [0.4, 0.5) is 0 Å². The van der Waals surface area contributed by atoms with E-state index in [4.69, 9.17) is 0 Å². The van der Waals surface area contributed by atoms with Crippen LogP contribution < -0.4 is 5.56 Å². The summed E-state index contributed by atoms with van der Waals surface area (Å²) in [5, 5.41) is 16.8. The van der Waals surface area contributed by atoms with E-state index in [-0.39, 0.29) is 30.5 Å². The molecule has 0 bridgehead atoms. The van der Waals surface area contributed by atoms with Crippen LogP contribution in [-0.4, -0.2) is 49.8 Å². The van der Waals surface area contributed by atoms with Crippen molar-refractivity contribution >= 4 is 33.0 Å². The first-order valence-electron chi connectivity index (χ1n) is 8.99. The van der Waals surface area contributed by atoms with Crippen molar-refractivity contribution in [2.45, 2.75) is 32.7 Å². The lowest BCUT2D eigenvalue weighted by Gasteiger charge is -2.31. The number of aromatic nitrogens is 3. The topological polar surface area (TPSA) is 79.8 Å². The summed E-state index contributed by atoms with van der Waals surface area (Å²) in [4.78, 5) is 28.3. The Labute approximate surface area is 154 Å². The number of aliphatic hydroxyl groups excluding tert-OH is 1. The predicted molar refractivity (Wildman–Crippen MR) is 101 cm³/mol. The van der Waals surface area contributed by atoms with Crippen LogP contribution in [0.15, 0.2) is 22.3 Å². The molecule has 1 aliphatic heterocycles. The summed E-state index contributed by atoms with van der Waals surface area (Å²) in [6.07, 6.45) is 2.49. The van der Waals surface area contributed by atoms with Crippen molar-refractivity contribution in [2.24, 2.45) is 5.92 Å². The third kappa shape index (κ3) is 2.83. The number of carbonyl (C=O) groups excluding carboxylic acids is 1. The van der Waals surface area contributed by atoms with Crippen LogP contribution in [0, 0.1) is 5.92 Å². The smallest absolute Gasteiger partial charge is 0.291 e. The molecule has 4 heterocycles. The second-order valence-electron chi connectivity index (χ2n) is 6.81. The molecule has 1 N–H and O–H groups in total. The van der Waals surface area contributed by atoms with Gasteiger partial charge in [-0.1, -0.05) is 6.92 Å². The fourth-order valence-corrected chi connectivity index (χ4v) is 4.62. The minimum atomic E-state index is -0.241. The van der Waals surface area contributed by atoms with Gasteiger partial charge in [0.25, 0.3) is 5.56 Å². The minimum absolute atomic E-state index is 0.0562. The molecule has 0 radical (unpaired) electrons. The first-order chi connectivity index (χ1) is 12.6. The summed E-state index contributed by atoms with van der Waals surface area (Å²) < 4.78 is 3.20. The molecule has 0 aliphatic carbocycles. The fourth-order valence-electron chi connectivity index (χ4n) is 3.70. The molecule has 1 aliphatic rings. The predicted octanol–water partition coefficient (Wildman–Crippen LogP) is 1.50. The molecule has 0 saturated carbocycles. The SMILES string of the molecule is CCc1nn(CC(=O)N2CCC[C@@H](CO)C2)c(=O)c2cc3ccsc3n12. The Balaban J connectivity index is 1.69. The molecule has 0 spiro atoms. The van der Waals surface area contributed by atoms with Crippen LogP contribution in [0.3, 0.4) is 0 Å². The molecule has 1 atom stereocenters. The number of aliphatic hydroxyl groups is 1. The third-order valence-electron chi connectivity index (χ3n) is 5.09. The van der Waals surface area contributed by atoms with E-state index < -0.39 is 0 Å². The Morgan fingerprint density at radius 2 is 2.31 bits per heavy atom. The molecular formula is C18H22N4O3S. The quantitative estimate of drug-likeness (QED) is 0.751.